The molecule has 0 aromatic heterocycles. The zero-order valence-corrected chi connectivity index (χ0v) is 19.7. The Kier molecular flexibility index (Phi) is 17.9. The fourth-order valence-electron chi connectivity index (χ4n) is 3.10. The fourth-order valence-corrected chi connectivity index (χ4v) is 3.10. The van der Waals surface area contributed by atoms with E-state index >= 15 is 0 Å². The van der Waals surface area contributed by atoms with Gasteiger partial charge in [0.2, 0.25) is 0 Å². The molecule has 1 N–H and O–H groups in total. The third-order valence-electron chi connectivity index (χ3n) is 4.74. The summed E-state index contributed by atoms with van der Waals surface area (Å²) >= 11 is 0. The van der Waals surface area contributed by atoms with Gasteiger partial charge in [-0.25, -0.2) is 4.79 Å². The highest BCUT2D eigenvalue weighted by Gasteiger charge is 2.15. The highest BCUT2D eigenvalue weighted by Crippen LogP contribution is 2.11. The number of hydrogen-bond donors (Lipinski definition) is 1. The molecule has 1 amide bonds. The molecule has 0 heterocycles. The normalized spacial score (nSPS) is 11.3. The van der Waals surface area contributed by atoms with E-state index in [2.05, 4.69) is 12.2 Å². The van der Waals surface area contributed by atoms with E-state index in [1.807, 2.05) is 20.8 Å². The van der Waals surface area contributed by atoms with Crippen LogP contribution in [-0.2, 0) is 14.3 Å². The summed E-state index contributed by atoms with van der Waals surface area (Å²) in [7, 11) is 0. The second-order valence-corrected chi connectivity index (χ2v) is 9.00. The highest BCUT2D eigenvalue weighted by molar-refractivity contribution is 5.69. The number of unbranched alkanes of at least 4 members (excludes halogenated alkanes) is 12. The van der Waals surface area contributed by atoms with Crippen molar-refractivity contribution in [2.75, 3.05) is 13.2 Å². The Morgan fingerprint density at radius 2 is 1.24 bits per heavy atom. The number of amides is 1. The van der Waals surface area contributed by atoms with Crippen molar-refractivity contribution in [3.63, 3.8) is 0 Å². The molecule has 5 heteroatoms. The standard InChI is InChI=1S/C24H47NO4/c1-5-6-7-8-15-18-21-28-22(26)19-16-13-11-9-10-12-14-17-20-25-23(27)29-24(2,3)4/h5-21H2,1-4H3,(H,25,27). The number of hydrogen-bond acceptors (Lipinski definition) is 4. The smallest absolute Gasteiger partial charge is 0.407 e. The Morgan fingerprint density at radius 1 is 0.724 bits per heavy atom. The van der Waals surface area contributed by atoms with Crippen molar-refractivity contribution >= 4 is 12.1 Å². The number of carbonyl (C=O) groups excluding carboxylic acids is 2. The molecule has 0 fully saturated rings. The van der Waals surface area contributed by atoms with E-state index in [1.54, 1.807) is 0 Å². The number of alkyl carbamates (subject to hydrolysis) is 1. The maximum atomic E-state index is 11.7. The SMILES string of the molecule is CCCCCCCCOC(=O)CCCCCCCCCCNC(=O)OC(C)(C)C. The summed E-state index contributed by atoms with van der Waals surface area (Å²) in [6.07, 6.45) is 16.5. The Bertz CT molecular complexity index is 404. The summed E-state index contributed by atoms with van der Waals surface area (Å²) in [5.41, 5.74) is -0.436. The van der Waals surface area contributed by atoms with Crippen LogP contribution in [0.25, 0.3) is 0 Å². The van der Waals surface area contributed by atoms with E-state index in [-0.39, 0.29) is 12.1 Å². The number of carbonyl (C=O) groups is 2. The van der Waals surface area contributed by atoms with Crippen molar-refractivity contribution in [3.05, 3.63) is 0 Å². The van der Waals surface area contributed by atoms with E-state index < -0.39 is 5.60 Å². The van der Waals surface area contributed by atoms with Crippen LogP contribution in [0.1, 0.15) is 124 Å². The van der Waals surface area contributed by atoms with Crippen molar-refractivity contribution < 1.29 is 19.1 Å². The van der Waals surface area contributed by atoms with Crippen LogP contribution >= 0.6 is 0 Å². The van der Waals surface area contributed by atoms with Gasteiger partial charge in [-0.15, -0.1) is 0 Å². The van der Waals surface area contributed by atoms with Gasteiger partial charge in [0.1, 0.15) is 5.60 Å². The zero-order valence-electron chi connectivity index (χ0n) is 19.7. The molecular weight excluding hydrogens is 366 g/mol. The molecule has 0 radical (unpaired) electrons. The monoisotopic (exact) mass is 413 g/mol. The van der Waals surface area contributed by atoms with Crippen molar-refractivity contribution in [2.45, 2.75) is 130 Å². The number of nitrogens with one attached hydrogen (secondary N) is 1. The lowest BCUT2D eigenvalue weighted by Crippen LogP contribution is -2.32. The first-order valence-electron chi connectivity index (χ1n) is 12.0. The molecule has 0 aliphatic carbocycles. The first-order valence-corrected chi connectivity index (χ1v) is 12.0. The van der Waals surface area contributed by atoms with Crippen molar-refractivity contribution in [1.29, 1.82) is 0 Å². The summed E-state index contributed by atoms with van der Waals surface area (Å²) in [4.78, 5) is 23.2. The molecule has 0 aliphatic heterocycles. The predicted molar refractivity (Wildman–Crippen MR) is 120 cm³/mol. The molecule has 0 aromatic rings. The molecule has 29 heavy (non-hydrogen) atoms. The Morgan fingerprint density at radius 3 is 1.83 bits per heavy atom. The van der Waals surface area contributed by atoms with Crippen molar-refractivity contribution in [3.8, 4) is 0 Å². The van der Waals surface area contributed by atoms with Crippen LogP contribution in [0.3, 0.4) is 0 Å². The van der Waals surface area contributed by atoms with E-state index in [0.717, 1.165) is 32.1 Å². The van der Waals surface area contributed by atoms with Gasteiger partial charge in [-0.05, 0) is 40.0 Å². The fraction of sp³-hybridized carbons (Fsp3) is 0.917. The zero-order chi connectivity index (χ0) is 21.8. The Balaban J connectivity index is 3.27. The molecule has 0 saturated heterocycles. The summed E-state index contributed by atoms with van der Waals surface area (Å²) in [5, 5.41) is 2.79. The second kappa shape index (κ2) is 18.7. The second-order valence-electron chi connectivity index (χ2n) is 9.00. The quantitative estimate of drug-likeness (QED) is 0.195. The lowest BCUT2D eigenvalue weighted by molar-refractivity contribution is -0.143. The first-order chi connectivity index (χ1) is 13.8. The van der Waals surface area contributed by atoms with Gasteiger partial charge in [-0.3, -0.25) is 4.79 Å². The summed E-state index contributed by atoms with van der Waals surface area (Å²) in [6.45, 7) is 9.09. The predicted octanol–water partition coefficient (Wildman–Crippen LogP) is 6.93. The number of rotatable bonds is 18. The van der Waals surface area contributed by atoms with Crippen LogP contribution in [0.5, 0.6) is 0 Å². The highest BCUT2D eigenvalue weighted by atomic mass is 16.6. The van der Waals surface area contributed by atoms with Crippen molar-refractivity contribution in [2.24, 2.45) is 0 Å². The molecule has 0 saturated carbocycles. The van der Waals surface area contributed by atoms with Crippen LogP contribution in [-0.4, -0.2) is 30.8 Å². The molecule has 0 atom stereocenters. The van der Waals surface area contributed by atoms with Crippen LogP contribution < -0.4 is 5.32 Å². The minimum Gasteiger partial charge on any atom is -0.466 e. The maximum absolute atomic E-state index is 11.7. The molecule has 0 aliphatic rings. The maximum Gasteiger partial charge on any atom is 0.407 e. The van der Waals surface area contributed by atoms with Crippen LogP contribution in [0, 0.1) is 0 Å². The van der Waals surface area contributed by atoms with Gasteiger partial charge in [0.15, 0.2) is 0 Å². The molecule has 0 aromatic carbocycles. The van der Waals surface area contributed by atoms with Gasteiger partial charge in [0.05, 0.1) is 6.61 Å². The molecule has 0 rings (SSSR count). The molecule has 0 unspecified atom stereocenters. The molecule has 172 valence electrons. The van der Waals surface area contributed by atoms with Gasteiger partial charge in [0.25, 0.3) is 0 Å². The van der Waals surface area contributed by atoms with Crippen LogP contribution in [0.4, 0.5) is 4.79 Å². The summed E-state index contributed by atoms with van der Waals surface area (Å²) in [5.74, 6) is -0.0314. The average molecular weight is 414 g/mol. The molecule has 5 nitrogen and oxygen atoms in total. The van der Waals surface area contributed by atoms with Crippen LogP contribution in [0.15, 0.2) is 0 Å². The molecule has 0 spiro atoms. The van der Waals surface area contributed by atoms with Crippen LogP contribution in [0.2, 0.25) is 0 Å². The van der Waals surface area contributed by atoms with Gasteiger partial charge < -0.3 is 14.8 Å². The lowest BCUT2D eigenvalue weighted by Gasteiger charge is -2.19. The largest absolute Gasteiger partial charge is 0.466 e. The lowest BCUT2D eigenvalue weighted by atomic mass is 10.1. The molecular formula is C24H47NO4. The van der Waals surface area contributed by atoms with E-state index in [1.165, 1.54) is 57.8 Å². The van der Waals surface area contributed by atoms with Gasteiger partial charge >= 0.3 is 12.1 Å². The summed E-state index contributed by atoms with van der Waals surface area (Å²) in [6, 6.07) is 0. The van der Waals surface area contributed by atoms with Gasteiger partial charge in [-0.1, -0.05) is 77.6 Å². The van der Waals surface area contributed by atoms with E-state index in [9.17, 15) is 9.59 Å². The van der Waals surface area contributed by atoms with Gasteiger partial charge in [0, 0.05) is 13.0 Å². The topological polar surface area (TPSA) is 64.6 Å². The minimum atomic E-state index is -0.436. The van der Waals surface area contributed by atoms with E-state index in [0.29, 0.717) is 19.6 Å². The van der Waals surface area contributed by atoms with E-state index in [4.69, 9.17) is 9.47 Å². The third-order valence-corrected chi connectivity index (χ3v) is 4.74. The number of ether oxygens (including phenoxy) is 2. The Labute approximate surface area is 179 Å². The third kappa shape index (κ3) is 22.9. The summed E-state index contributed by atoms with van der Waals surface area (Å²) < 4.78 is 10.5. The minimum absolute atomic E-state index is 0.0314. The van der Waals surface area contributed by atoms with Crippen molar-refractivity contribution in [1.82, 2.24) is 5.32 Å². The Hall–Kier alpha value is -1.26. The average Bonchev–Trinajstić information content (AvgIpc) is 2.64. The first kappa shape index (κ1) is 27.7. The van der Waals surface area contributed by atoms with Gasteiger partial charge in [-0.2, -0.15) is 0 Å². The number of esters is 1. The molecule has 0 bridgehead atoms.